The van der Waals surface area contributed by atoms with E-state index in [1.54, 1.807) is 13.0 Å². The number of hydrogen-bond acceptors (Lipinski definition) is 4. The van der Waals surface area contributed by atoms with Crippen molar-refractivity contribution in [2.24, 2.45) is 0 Å². The van der Waals surface area contributed by atoms with E-state index in [4.69, 9.17) is 9.47 Å². The van der Waals surface area contributed by atoms with Gasteiger partial charge in [-0.2, -0.15) is 8.78 Å². The molecule has 7 heteroatoms. The Morgan fingerprint density at radius 2 is 2.09 bits per heavy atom. The fourth-order valence-corrected chi connectivity index (χ4v) is 2.48. The van der Waals surface area contributed by atoms with Crippen LogP contribution in [-0.4, -0.2) is 31.0 Å². The van der Waals surface area contributed by atoms with Crippen LogP contribution < -0.4 is 5.32 Å². The first-order valence-electron chi connectivity index (χ1n) is 7.46. The molecule has 1 aliphatic rings. The van der Waals surface area contributed by atoms with Gasteiger partial charge in [-0.15, -0.1) is 0 Å². The maximum absolute atomic E-state index is 13.7. The van der Waals surface area contributed by atoms with Crippen LogP contribution in [0.1, 0.15) is 42.6 Å². The molecule has 1 unspecified atom stereocenters. The van der Waals surface area contributed by atoms with Crippen molar-refractivity contribution in [2.45, 2.75) is 38.3 Å². The summed E-state index contributed by atoms with van der Waals surface area (Å²) in [6.07, 6.45) is -0.142. The molecular weight excluding hydrogens is 308 g/mol. The molecule has 1 aliphatic heterocycles. The molecule has 1 fully saturated rings. The van der Waals surface area contributed by atoms with Gasteiger partial charge in [-0.05, 0) is 25.5 Å². The van der Waals surface area contributed by atoms with Crippen LogP contribution in [0.25, 0.3) is 0 Å². The molecule has 0 spiro atoms. The van der Waals surface area contributed by atoms with Gasteiger partial charge in [-0.1, -0.05) is 19.1 Å². The summed E-state index contributed by atoms with van der Waals surface area (Å²) in [6, 6.07) is 6.01. The quantitative estimate of drug-likeness (QED) is 0.816. The molecule has 0 bridgehead atoms. The van der Waals surface area contributed by atoms with Crippen LogP contribution in [-0.2, 0) is 20.0 Å². The molecule has 0 aromatic heterocycles. The summed E-state index contributed by atoms with van der Waals surface area (Å²) in [5.41, 5.74) is -1.13. The fraction of sp³-hybridized carbons (Fsp3) is 0.500. The maximum atomic E-state index is 13.7. The number of esters is 1. The van der Waals surface area contributed by atoms with Gasteiger partial charge in [0.25, 0.3) is 5.91 Å². The monoisotopic (exact) mass is 327 g/mol. The van der Waals surface area contributed by atoms with E-state index in [1.165, 1.54) is 18.2 Å². The van der Waals surface area contributed by atoms with Gasteiger partial charge in [0.05, 0.1) is 18.6 Å². The minimum absolute atomic E-state index is 0.126. The summed E-state index contributed by atoms with van der Waals surface area (Å²) in [7, 11) is 0. The van der Waals surface area contributed by atoms with Gasteiger partial charge in [0.1, 0.15) is 0 Å². The Hall–Kier alpha value is -2.02. The number of benzene rings is 1. The molecule has 1 N–H and O–H groups in total. The standard InChI is InChI=1S/C16H19F2NO4/c1-3-8-22-13(20)11-6-5-7-12(9-11)16(23-4-2)10-15(17,18)14(21)19-16/h5-7,9H,3-4,8,10H2,1-2H3,(H,19,21). The van der Waals surface area contributed by atoms with Crippen molar-refractivity contribution in [3.8, 4) is 0 Å². The van der Waals surface area contributed by atoms with Crippen molar-refractivity contribution < 1.29 is 27.8 Å². The Morgan fingerprint density at radius 3 is 2.65 bits per heavy atom. The highest BCUT2D eigenvalue weighted by Gasteiger charge is 2.57. The highest BCUT2D eigenvalue weighted by Crippen LogP contribution is 2.41. The van der Waals surface area contributed by atoms with Crippen molar-refractivity contribution in [3.63, 3.8) is 0 Å². The predicted molar refractivity (Wildman–Crippen MR) is 78.0 cm³/mol. The number of hydrogen-bond donors (Lipinski definition) is 1. The third kappa shape index (κ3) is 3.50. The first-order chi connectivity index (χ1) is 10.8. The first kappa shape index (κ1) is 17.3. The number of amides is 1. The molecule has 1 heterocycles. The molecule has 0 aliphatic carbocycles. The van der Waals surface area contributed by atoms with E-state index in [1.807, 2.05) is 6.92 Å². The molecule has 1 atom stereocenters. The van der Waals surface area contributed by atoms with Crippen LogP contribution >= 0.6 is 0 Å². The van der Waals surface area contributed by atoms with Gasteiger partial charge in [0, 0.05) is 12.2 Å². The summed E-state index contributed by atoms with van der Waals surface area (Å²) in [5.74, 6) is -5.45. The summed E-state index contributed by atoms with van der Waals surface area (Å²) in [6.45, 7) is 3.91. The van der Waals surface area contributed by atoms with E-state index < -0.39 is 29.9 Å². The van der Waals surface area contributed by atoms with E-state index in [-0.39, 0.29) is 24.3 Å². The molecule has 126 valence electrons. The van der Waals surface area contributed by atoms with Gasteiger partial charge in [0.2, 0.25) is 0 Å². The Kier molecular flexibility index (Phi) is 4.99. The van der Waals surface area contributed by atoms with E-state index in [0.29, 0.717) is 6.42 Å². The highest BCUT2D eigenvalue weighted by atomic mass is 19.3. The van der Waals surface area contributed by atoms with E-state index in [9.17, 15) is 18.4 Å². The SMILES string of the molecule is CCCOC(=O)c1cccc(C2(OCC)CC(F)(F)C(=O)N2)c1. The highest BCUT2D eigenvalue weighted by molar-refractivity contribution is 5.90. The zero-order valence-electron chi connectivity index (χ0n) is 13.0. The largest absolute Gasteiger partial charge is 0.462 e. The summed E-state index contributed by atoms with van der Waals surface area (Å²) >= 11 is 0. The fourth-order valence-electron chi connectivity index (χ4n) is 2.48. The van der Waals surface area contributed by atoms with Crippen LogP contribution in [0.2, 0.25) is 0 Å². The number of carbonyl (C=O) groups excluding carboxylic acids is 2. The van der Waals surface area contributed by atoms with E-state index >= 15 is 0 Å². The molecule has 0 saturated carbocycles. The van der Waals surface area contributed by atoms with Gasteiger partial charge in [-0.25, -0.2) is 4.79 Å². The second-order valence-corrected chi connectivity index (χ2v) is 5.31. The number of rotatable bonds is 6. The molecule has 5 nitrogen and oxygen atoms in total. The molecule has 1 aromatic rings. The van der Waals surface area contributed by atoms with Crippen molar-refractivity contribution in [1.82, 2.24) is 5.32 Å². The zero-order chi connectivity index (χ0) is 17.1. The Morgan fingerprint density at radius 1 is 1.35 bits per heavy atom. The molecule has 23 heavy (non-hydrogen) atoms. The predicted octanol–water partition coefficient (Wildman–Crippen LogP) is 2.60. The summed E-state index contributed by atoms with van der Waals surface area (Å²) in [4.78, 5) is 23.4. The van der Waals surface area contributed by atoms with Crippen LogP contribution in [0.3, 0.4) is 0 Å². The Labute approximate surface area is 133 Å². The van der Waals surface area contributed by atoms with Crippen LogP contribution in [0.5, 0.6) is 0 Å². The van der Waals surface area contributed by atoms with Crippen LogP contribution in [0.4, 0.5) is 8.78 Å². The van der Waals surface area contributed by atoms with Gasteiger partial charge in [-0.3, -0.25) is 4.79 Å². The molecule has 1 amide bonds. The normalized spacial score (nSPS) is 22.7. The Balaban J connectivity index is 2.34. The minimum Gasteiger partial charge on any atom is -0.462 e. The average Bonchev–Trinajstić information content (AvgIpc) is 2.75. The number of ether oxygens (including phenoxy) is 2. The summed E-state index contributed by atoms with van der Waals surface area (Å²) < 4.78 is 37.8. The van der Waals surface area contributed by atoms with Crippen molar-refractivity contribution in [2.75, 3.05) is 13.2 Å². The lowest BCUT2D eigenvalue weighted by molar-refractivity contribution is -0.139. The van der Waals surface area contributed by atoms with Gasteiger partial charge < -0.3 is 14.8 Å². The third-order valence-corrected chi connectivity index (χ3v) is 3.51. The lowest BCUT2D eigenvalue weighted by atomic mass is 9.97. The van der Waals surface area contributed by atoms with E-state index in [0.717, 1.165) is 0 Å². The zero-order valence-corrected chi connectivity index (χ0v) is 13.0. The second-order valence-electron chi connectivity index (χ2n) is 5.31. The van der Waals surface area contributed by atoms with Crippen LogP contribution in [0, 0.1) is 0 Å². The molecular formula is C16H19F2NO4. The first-order valence-corrected chi connectivity index (χ1v) is 7.46. The number of halogens is 2. The lowest BCUT2D eigenvalue weighted by Gasteiger charge is -2.29. The lowest BCUT2D eigenvalue weighted by Crippen LogP contribution is -2.41. The topological polar surface area (TPSA) is 64.6 Å². The minimum atomic E-state index is -3.52. The second kappa shape index (κ2) is 6.62. The average molecular weight is 327 g/mol. The third-order valence-electron chi connectivity index (χ3n) is 3.51. The molecule has 0 radical (unpaired) electrons. The maximum Gasteiger partial charge on any atom is 0.338 e. The molecule has 1 aromatic carbocycles. The molecule has 2 rings (SSSR count). The number of carbonyl (C=O) groups is 2. The van der Waals surface area contributed by atoms with Crippen LogP contribution in [0.15, 0.2) is 24.3 Å². The smallest absolute Gasteiger partial charge is 0.338 e. The van der Waals surface area contributed by atoms with Crippen molar-refractivity contribution >= 4 is 11.9 Å². The number of alkyl halides is 2. The van der Waals surface area contributed by atoms with E-state index in [2.05, 4.69) is 5.32 Å². The Bertz CT molecular complexity index is 605. The number of nitrogens with one attached hydrogen (secondary N) is 1. The summed E-state index contributed by atoms with van der Waals surface area (Å²) in [5, 5.41) is 2.22. The van der Waals surface area contributed by atoms with Crippen molar-refractivity contribution in [3.05, 3.63) is 35.4 Å². The van der Waals surface area contributed by atoms with Gasteiger partial charge >= 0.3 is 11.9 Å². The molecule has 1 saturated heterocycles. The van der Waals surface area contributed by atoms with Gasteiger partial charge in [0.15, 0.2) is 5.72 Å². The van der Waals surface area contributed by atoms with Crippen molar-refractivity contribution in [1.29, 1.82) is 0 Å².